The quantitative estimate of drug-likeness (QED) is 0.557. The Bertz CT molecular complexity index is 938. The van der Waals surface area contributed by atoms with Gasteiger partial charge in [0.1, 0.15) is 6.10 Å². The van der Waals surface area contributed by atoms with Crippen LogP contribution in [0.1, 0.15) is 71.3 Å². The maximum Gasteiger partial charge on any atom is 0.251 e. The van der Waals surface area contributed by atoms with Crippen molar-refractivity contribution < 1.29 is 9.15 Å². The number of ether oxygens (including phenoxy) is 1. The van der Waals surface area contributed by atoms with Gasteiger partial charge in [-0.3, -0.25) is 0 Å². The van der Waals surface area contributed by atoms with E-state index in [9.17, 15) is 0 Å². The summed E-state index contributed by atoms with van der Waals surface area (Å²) in [5, 5.41) is 17.8. The fraction of sp³-hybridized carbons (Fsp3) is 0.619. The van der Waals surface area contributed by atoms with E-state index in [0.717, 1.165) is 74.0 Å². The van der Waals surface area contributed by atoms with Crippen molar-refractivity contribution >= 4 is 16.7 Å². The highest BCUT2D eigenvalue weighted by Gasteiger charge is 2.26. The normalized spacial score (nSPS) is 16.9. The third-order valence-corrected chi connectivity index (χ3v) is 5.46. The molecule has 8 nitrogen and oxygen atoms in total. The molecule has 4 rings (SSSR count). The molecule has 8 heteroatoms. The number of fused-ring (bicyclic) bond motifs is 1. The fourth-order valence-electron chi connectivity index (χ4n) is 4.01. The van der Waals surface area contributed by atoms with Crippen LogP contribution >= 0.6 is 0 Å². The summed E-state index contributed by atoms with van der Waals surface area (Å²) in [6, 6.07) is 0.375. The molecule has 1 saturated heterocycles. The number of aryl methyl sites for hydroxylation is 1. The highest BCUT2D eigenvalue weighted by atomic mass is 16.5. The van der Waals surface area contributed by atoms with Gasteiger partial charge in [0.25, 0.3) is 5.89 Å². The first-order valence-corrected chi connectivity index (χ1v) is 10.8. The highest BCUT2D eigenvalue weighted by Crippen LogP contribution is 2.36. The fourth-order valence-corrected chi connectivity index (χ4v) is 4.01. The number of anilines is 1. The monoisotopic (exact) mass is 398 g/mol. The van der Waals surface area contributed by atoms with Gasteiger partial charge in [0.15, 0.2) is 5.65 Å². The van der Waals surface area contributed by atoms with Crippen LogP contribution in [0.2, 0.25) is 0 Å². The molecule has 0 radical (unpaired) electrons. The summed E-state index contributed by atoms with van der Waals surface area (Å²) in [5.74, 6) is 1.02. The van der Waals surface area contributed by atoms with Gasteiger partial charge in [0, 0.05) is 25.4 Å². The van der Waals surface area contributed by atoms with Crippen LogP contribution in [0.15, 0.2) is 16.8 Å². The van der Waals surface area contributed by atoms with Gasteiger partial charge in [-0.25, -0.2) is 9.67 Å². The first-order valence-electron chi connectivity index (χ1n) is 10.8. The van der Waals surface area contributed by atoms with E-state index in [4.69, 9.17) is 9.15 Å². The lowest BCUT2D eigenvalue weighted by Gasteiger charge is -2.20. The van der Waals surface area contributed by atoms with Gasteiger partial charge in [0.2, 0.25) is 5.89 Å². The van der Waals surface area contributed by atoms with Gasteiger partial charge in [-0.1, -0.05) is 26.7 Å². The van der Waals surface area contributed by atoms with Crippen LogP contribution in [0, 0.1) is 0 Å². The predicted octanol–water partition coefficient (Wildman–Crippen LogP) is 4.73. The van der Waals surface area contributed by atoms with Gasteiger partial charge in [-0.2, -0.15) is 5.10 Å². The summed E-state index contributed by atoms with van der Waals surface area (Å²) in [7, 11) is 0. The minimum atomic E-state index is -0.0971. The zero-order valence-corrected chi connectivity index (χ0v) is 17.5. The Morgan fingerprint density at radius 1 is 1.17 bits per heavy atom. The maximum absolute atomic E-state index is 6.02. The summed E-state index contributed by atoms with van der Waals surface area (Å²) in [4.78, 5) is 4.66. The molecular formula is C21H30N6O2. The van der Waals surface area contributed by atoms with Crippen LogP contribution in [-0.4, -0.2) is 37.6 Å². The van der Waals surface area contributed by atoms with Crippen molar-refractivity contribution in [2.24, 2.45) is 0 Å². The molecule has 1 aliphatic rings. The third kappa shape index (κ3) is 3.99. The second-order valence-corrected chi connectivity index (χ2v) is 7.61. The second kappa shape index (κ2) is 8.90. The largest absolute Gasteiger partial charge is 0.418 e. The minimum absolute atomic E-state index is 0.0971. The van der Waals surface area contributed by atoms with Crippen molar-refractivity contribution in [1.82, 2.24) is 25.0 Å². The van der Waals surface area contributed by atoms with E-state index in [2.05, 4.69) is 46.4 Å². The second-order valence-electron chi connectivity index (χ2n) is 7.61. The Labute approximate surface area is 171 Å². The Balaban J connectivity index is 1.76. The van der Waals surface area contributed by atoms with Crippen molar-refractivity contribution in [2.75, 3.05) is 11.9 Å². The average molecular weight is 399 g/mol. The van der Waals surface area contributed by atoms with Crippen LogP contribution in [0.5, 0.6) is 0 Å². The number of nitrogens with zero attached hydrogens (tertiary/aromatic N) is 5. The SMILES string of the molecule is CCCC(CCC)Nc1c(-c2nnc(C3CCCO3)o2)cnc2c1cnn2CC. The number of hydrogen-bond donors (Lipinski definition) is 1. The van der Waals surface area contributed by atoms with Crippen molar-refractivity contribution in [1.29, 1.82) is 0 Å². The number of hydrogen-bond acceptors (Lipinski definition) is 7. The van der Waals surface area contributed by atoms with Gasteiger partial charge >= 0.3 is 0 Å². The Kier molecular flexibility index (Phi) is 6.08. The standard InChI is InChI=1S/C21H30N6O2/c1-4-8-14(9-5-2)24-18-15-13-23-27(6-3)19(15)22-12-16(18)20-25-26-21(29-20)17-10-7-11-28-17/h12-14,17H,4-11H2,1-3H3,(H,22,24). The molecule has 0 aliphatic carbocycles. The van der Waals surface area contributed by atoms with Gasteiger partial charge in [-0.05, 0) is 32.6 Å². The van der Waals surface area contributed by atoms with Crippen LogP contribution in [0.25, 0.3) is 22.5 Å². The summed E-state index contributed by atoms with van der Waals surface area (Å²) in [5.41, 5.74) is 2.66. The molecule has 1 fully saturated rings. The number of pyridine rings is 1. The molecule has 156 valence electrons. The highest BCUT2D eigenvalue weighted by molar-refractivity contribution is 5.96. The molecule has 1 N–H and O–H groups in total. The molecule has 3 aromatic heterocycles. The number of nitrogens with one attached hydrogen (secondary N) is 1. The lowest BCUT2D eigenvalue weighted by Crippen LogP contribution is -2.19. The van der Waals surface area contributed by atoms with Crippen molar-refractivity contribution in [3.8, 4) is 11.5 Å². The first kappa shape index (κ1) is 19.8. The molecule has 1 atom stereocenters. The molecule has 0 aromatic carbocycles. The Hall–Kier alpha value is -2.48. The van der Waals surface area contributed by atoms with Crippen molar-refractivity contribution in [2.45, 2.75) is 78.0 Å². The van der Waals surface area contributed by atoms with E-state index in [0.29, 0.717) is 17.8 Å². The van der Waals surface area contributed by atoms with E-state index >= 15 is 0 Å². The molecule has 1 unspecified atom stereocenters. The zero-order valence-electron chi connectivity index (χ0n) is 17.5. The maximum atomic E-state index is 6.02. The molecule has 0 spiro atoms. The summed E-state index contributed by atoms with van der Waals surface area (Å²) < 4.78 is 13.6. The molecule has 0 saturated carbocycles. The Morgan fingerprint density at radius 2 is 2.00 bits per heavy atom. The van der Waals surface area contributed by atoms with E-state index in [-0.39, 0.29) is 6.10 Å². The van der Waals surface area contributed by atoms with Crippen molar-refractivity contribution in [3.63, 3.8) is 0 Å². The van der Waals surface area contributed by atoms with Crippen LogP contribution in [0.4, 0.5) is 5.69 Å². The molecule has 0 bridgehead atoms. The Morgan fingerprint density at radius 3 is 2.69 bits per heavy atom. The molecule has 4 heterocycles. The topological polar surface area (TPSA) is 90.9 Å². The third-order valence-electron chi connectivity index (χ3n) is 5.46. The number of rotatable bonds is 9. The smallest absolute Gasteiger partial charge is 0.251 e. The number of aromatic nitrogens is 5. The summed E-state index contributed by atoms with van der Waals surface area (Å²) >= 11 is 0. The molecule has 3 aromatic rings. The van der Waals surface area contributed by atoms with Crippen molar-refractivity contribution in [3.05, 3.63) is 18.3 Å². The van der Waals surface area contributed by atoms with E-state index in [1.165, 1.54) is 0 Å². The van der Waals surface area contributed by atoms with E-state index < -0.39 is 0 Å². The molecule has 29 heavy (non-hydrogen) atoms. The van der Waals surface area contributed by atoms with Crippen LogP contribution < -0.4 is 5.32 Å². The summed E-state index contributed by atoms with van der Waals surface area (Å²) in [6.07, 6.45) is 9.99. The first-order chi connectivity index (χ1) is 14.2. The van der Waals surface area contributed by atoms with Gasteiger partial charge < -0.3 is 14.5 Å². The minimum Gasteiger partial charge on any atom is -0.418 e. The van der Waals surface area contributed by atoms with E-state index in [1.54, 1.807) is 0 Å². The lowest BCUT2D eigenvalue weighted by molar-refractivity contribution is 0.0896. The van der Waals surface area contributed by atoms with Gasteiger partial charge in [-0.15, -0.1) is 10.2 Å². The summed E-state index contributed by atoms with van der Waals surface area (Å²) in [6.45, 7) is 8.02. The van der Waals surface area contributed by atoms with Crippen LogP contribution in [-0.2, 0) is 11.3 Å². The average Bonchev–Trinajstić information content (AvgIpc) is 3.48. The zero-order chi connectivity index (χ0) is 20.2. The molecular weight excluding hydrogens is 368 g/mol. The van der Waals surface area contributed by atoms with Crippen LogP contribution in [0.3, 0.4) is 0 Å². The predicted molar refractivity (Wildman–Crippen MR) is 112 cm³/mol. The molecule has 1 aliphatic heterocycles. The van der Waals surface area contributed by atoms with Gasteiger partial charge in [0.05, 0.1) is 22.8 Å². The molecule has 0 amide bonds. The lowest BCUT2D eigenvalue weighted by atomic mass is 10.0. The van der Waals surface area contributed by atoms with E-state index in [1.807, 2.05) is 17.1 Å².